The van der Waals surface area contributed by atoms with E-state index in [4.69, 9.17) is 9.47 Å². The number of benzene rings is 2. The highest BCUT2D eigenvalue weighted by molar-refractivity contribution is 6.04. The molecule has 0 saturated heterocycles. The first-order chi connectivity index (χ1) is 10.1. The molecule has 1 amide bonds. The molecule has 0 bridgehead atoms. The summed E-state index contributed by atoms with van der Waals surface area (Å²) in [6.07, 6.45) is 0. The van der Waals surface area contributed by atoms with Gasteiger partial charge in [-0.1, -0.05) is 12.1 Å². The van der Waals surface area contributed by atoms with Crippen LogP contribution < -0.4 is 14.8 Å². The molecule has 0 aliphatic heterocycles. The fourth-order valence-corrected chi connectivity index (χ4v) is 2.01. The van der Waals surface area contributed by atoms with Crippen LogP contribution in [-0.2, 0) is 0 Å². The third kappa shape index (κ3) is 3.75. The van der Waals surface area contributed by atoms with E-state index in [0.29, 0.717) is 23.7 Å². The van der Waals surface area contributed by atoms with Gasteiger partial charge in [0.2, 0.25) is 0 Å². The molecule has 2 aromatic carbocycles. The summed E-state index contributed by atoms with van der Waals surface area (Å²) < 4.78 is 10.7. The predicted octanol–water partition coefficient (Wildman–Crippen LogP) is 3.65. The van der Waals surface area contributed by atoms with Crippen LogP contribution in [0.4, 0.5) is 5.69 Å². The van der Waals surface area contributed by atoms with Crippen LogP contribution in [0.15, 0.2) is 42.5 Å². The third-order valence-corrected chi connectivity index (χ3v) is 3.00. The predicted molar refractivity (Wildman–Crippen MR) is 83.3 cm³/mol. The summed E-state index contributed by atoms with van der Waals surface area (Å²) >= 11 is 0. The number of rotatable bonds is 5. The third-order valence-electron chi connectivity index (χ3n) is 3.00. The van der Waals surface area contributed by atoms with E-state index in [0.717, 1.165) is 11.3 Å². The van der Waals surface area contributed by atoms with Crippen LogP contribution in [0.2, 0.25) is 0 Å². The minimum absolute atomic E-state index is 0.177. The molecule has 0 aromatic heterocycles. The Bertz CT molecular complexity index is 638. The molecule has 2 aromatic rings. The van der Waals surface area contributed by atoms with Gasteiger partial charge in [0.25, 0.3) is 5.91 Å². The van der Waals surface area contributed by atoms with Crippen molar-refractivity contribution in [3.8, 4) is 11.5 Å². The quantitative estimate of drug-likeness (QED) is 0.912. The average Bonchev–Trinajstić information content (AvgIpc) is 2.47. The van der Waals surface area contributed by atoms with Crippen molar-refractivity contribution in [2.45, 2.75) is 13.8 Å². The zero-order valence-electron chi connectivity index (χ0n) is 12.5. The van der Waals surface area contributed by atoms with Gasteiger partial charge in [0.05, 0.1) is 13.7 Å². The van der Waals surface area contributed by atoms with Crippen molar-refractivity contribution in [1.29, 1.82) is 0 Å². The van der Waals surface area contributed by atoms with Crippen molar-refractivity contribution in [3.63, 3.8) is 0 Å². The van der Waals surface area contributed by atoms with E-state index < -0.39 is 0 Å². The molecule has 0 atom stereocenters. The summed E-state index contributed by atoms with van der Waals surface area (Å²) in [5.74, 6) is 1.00. The van der Waals surface area contributed by atoms with Gasteiger partial charge in [-0.2, -0.15) is 0 Å². The SMILES string of the molecule is CCOc1cc(C(=O)Nc2cccc(C)c2)ccc1OC. The molecule has 21 heavy (non-hydrogen) atoms. The Morgan fingerprint density at radius 3 is 2.62 bits per heavy atom. The minimum Gasteiger partial charge on any atom is -0.493 e. The van der Waals surface area contributed by atoms with Gasteiger partial charge in [-0.05, 0) is 49.7 Å². The van der Waals surface area contributed by atoms with E-state index in [1.54, 1.807) is 25.3 Å². The van der Waals surface area contributed by atoms with Crippen molar-refractivity contribution in [1.82, 2.24) is 0 Å². The monoisotopic (exact) mass is 285 g/mol. The highest BCUT2D eigenvalue weighted by Gasteiger charge is 2.11. The molecular weight excluding hydrogens is 266 g/mol. The molecule has 0 fully saturated rings. The number of methoxy groups -OCH3 is 1. The molecule has 0 saturated carbocycles. The lowest BCUT2D eigenvalue weighted by Crippen LogP contribution is -2.12. The van der Waals surface area contributed by atoms with E-state index in [9.17, 15) is 4.79 Å². The summed E-state index contributed by atoms with van der Waals surface area (Å²) in [5.41, 5.74) is 2.40. The standard InChI is InChI=1S/C17H19NO3/c1-4-21-16-11-13(8-9-15(16)20-3)17(19)18-14-7-5-6-12(2)10-14/h5-11H,4H2,1-3H3,(H,18,19). The minimum atomic E-state index is -0.177. The topological polar surface area (TPSA) is 47.6 Å². The van der Waals surface area contributed by atoms with Gasteiger partial charge in [0.1, 0.15) is 0 Å². The summed E-state index contributed by atoms with van der Waals surface area (Å²) in [6.45, 7) is 4.38. The first-order valence-electron chi connectivity index (χ1n) is 6.83. The van der Waals surface area contributed by atoms with Gasteiger partial charge < -0.3 is 14.8 Å². The second-order valence-electron chi connectivity index (χ2n) is 4.62. The Morgan fingerprint density at radius 1 is 1.14 bits per heavy atom. The van der Waals surface area contributed by atoms with Crippen LogP contribution in [0.3, 0.4) is 0 Å². The molecule has 0 unspecified atom stereocenters. The van der Waals surface area contributed by atoms with Crippen molar-refractivity contribution in [3.05, 3.63) is 53.6 Å². The van der Waals surface area contributed by atoms with E-state index in [2.05, 4.69) is 5.32 Å². The highest BCUT2D eigenvalue weighted by Crippen LogP contribution is 2.28. The molecule has 0 aliphatic carbocycles. The lowest BCUT2D eigenvalue weighted by atomic mass is 10.1. The molecule has 0 spiro atoms. The number of anilines is 1. The maximum Gasteiger partial charge on any atom is 0.255 e. The molecule has 0 heterocycles. The summed E-state index contributed by atoms with van der Waals surface area (Å²) in [6, 6.07) is 12.8. The largest absolute Gasteiger partial charge is 0.493 e. The Hall–Kier alpha value is -2.49. The molecule has 4 nitrogen and oxygen atoms in total. The summed E-state index contributed by atoms with van der Waals surface area (Å²) in [7, 11) is 1.57. The molecule has 0 aliphatic rings. The summed E-state index contributed by atoms with van der Waals surface area (Å²) in [4.78, 5) is 12.3. The summed E-state index contributed by atoms with van der Waals surface area (Å²) in [5, 5.41) is 2.87. The van der Waals surface area contributed by atoms with Crippen molar-refractivity contribution in [2.24, 2.45) is 0 Å². The van der Waals surface area contributed by atoms with Gasteiger partial charge in [-0.25, -0.2) is 0 Å². The van der Waals surface area contributed by atoms with Crippen LogP contribution in [0.25, 0.3) is 0 Å². The number of amides is 1. The Kier molecular flexibility index (Phi) is 4.82. The van der Waals surface area contributed by atoms with E-state index in [1.165, 1.54) is 0 Å². The van der Waals surface area contributed by atoms with Crippen LogP contribution >= 0.6 is 0 Å². The van der Waals surface area contributed by atoms with Crippen LogP contribution in [-0.4, -0.2) is 19.6 Å². The maximum absolute atomic E-state index is 12.3. The van der Waals surface area contributed by atoms with Crippen molar-refractivity contribution < 1.29 is 14.3 Å². The molecule has 1 N–H and O–H groups in total. The zero-order chi connectivity index (χ0) is 15.2. The average molecular weight is 285 g/mol. The second kappa shape index (κ2) is 6.79. The van der Waals surface area contributed by atoms with Gasteiger partial charge in [0, 0.05) is 11.3 Å². The molecule has 110 valence electrons. The van der Waals surface area contributed by atoms with E-state index in [1.807, 2.05) is 38.1 Å². The van der Waals surface area contributed by atoms with E-state index in [-0.39, 0.29) is 5.91 Å². The Labute approximate surface area is 124 Å². The second-order valence-corrected chi connectivity index (χ2v) is 4.62. The van der Waals surface area contributed by atoms with Gasteiger partial charge >= 0.3 is 0 Å². The van der Waals surface area contributed by atoms with Gasteiger partial charge in [-0.3, -0.25) is 4.79 Å². The molecule has 4 heteroatoms. The Morgan fingerprint density at radius 2 is 1.95 bits per heavy atom. The first-order valence-corrected chi connectivity index (χ1v) is 6.83. The van der Waals surface area contributed by atoms with Crippen LogP contribution in [0.1, 0.15) is 22.8 Å². The lowest BCUT2D eigenvalue weighted by Gasteiger charge is -2.11. The number of hydrogen-bond acceptors (Lipinski definition) is 3. The molecular formula is C17H19NO3. The number of hydrogen-bond donors (Lipinski definition) is 1. The molecule has 0 radical (unpaired) electrons. The first kappa shape index (κ1) is 14.9. The number of nitrogens with one attached hydrogen (secondary N) is 1. The highest BCUT2D eigenvalue weighted by atomic mass is 16.5. The number of carbonyl (C=O) groups is 1. The maximum atomic E-state index is 12.3. The van der Waals surface area contributed by atoms with Gasteiger partial charge in [0.15, 0.2) is 11.5 Å². The van der Waals surface area contributed by atoms with Crippen LogP contribution in [0, 0.1) is 6.92 Å². The van der Waals surface area contributed by atoms with E-state index >= 15 is 0 Å². The normalized spacial score (nSPS) is 10.0. The van der Waals surface area contributed by atoms with Crippen LogP contribution in [0.5, 0.6) is 11.5 Å². The zero-order valence-corrected chi connectivity index (χ0v) is 12.5. The van der Waals surface area contributed by atoms with Crippen molar-refractivity contribution in [2.75, 3.05) is 19.0 Å². The number of aryl methyl sites for hydroxylation is 1. The molecule has 2 rings (SSSR count). The smallest absolute Gasteiger partial charge is 0.255 e. The lowest BCUT2D eigenvalue weighted by molar-refractivity contribution is 0.102. The fraction of sp³-hybridized carbons (Fsp3) is 0.235. The van der Waals surface area contributed by atoms with Gasteiger partial charge in [-0.15, -0.1) is 0 Å². The number of carbonyl (C=O) groups excluding carboxylic acids is 1. The van der Waals surface area contributed by atoms with Crippen molar-refractivity contribution >= 4 is 11.6 Å². The fourth-order valence-electron chi connectivity index (χ4n) is 2.01. The number of ether oxygens (including phenoxy) is 2. The Balaban J connectivity index is 2.21.